The average Bonchev–Trinajstić information content (AvgIpc) is 3.46. The third-order valence-electron chi connectivity index (χ3n) is 5.62. The van der Waals surface area contributed by atoms with Gasteiger partial charge in [0.25, 0.3) is 0 Å². The van der Waals surface area contributed by atoms with Crippen molar-refractivity contribution in [3.8, 4) is 11.1 Å². The lowest BCUT2D eigenvalue weighted by Crippen LogP contribution is -2.23. The van der Waals surface area contributed by atoms with Gasteiger partial charge in [0.05, 0.1) is 6.33 Å². The Morgan fingerprint density at radius 1 is 1.13 bits per heavy atom. The summed E-state index contributed by atoms with van der Waals surface area (Å²) in [6.07, 6.45) is 8.36. The predicted molar refractivity (Wildman–Crippen MR) is 130 cm³/mol. The van der Waals surface area contributed by atoms with Crippen LogP contribution in [0.5, 0.6) is 0 Å². The fraction of sp³-hybridized carbons (Fsp3) is 0.333. The Morgan fingerprint density at radius 2 is 1.94 bits per heavy atom. The summed E-state index contributed by atoms with van der Waals surface area (Å²) in [5, 5.41) is 6.46. The molecule has 0 spiro atoms. The lowest BCUT2D eigenvalue weighted by atomic mass is 9.98. The van der Waals surface area contributed by atoms with Crippen LogP contribution < -0.4 is 10.6 Å². The first-order chi connectivity index (χ1) is 14.3. The van der Waals surface area contributed by atoms with Crippen molar-refractivity contribution in [3.63, 3.8) is 0 Å². The van der Waals surface area contributed by atoms with Gasteiger partial charge in [-0.1, -0.05) is 48.5 Å². The Morgan fingerprint density at radius 3 is 2.65 bits per heavy atom. The number of benzene rings is 2. The zero-order valence-electron chi connectivity index (χ0n) is 17.5. The average molecular weight is 461 g/mol. The number of aromatic nitrogens is 2. The lowest BCUT2D eigenvalue weighted by molar-refractivity contribution is -0.121. The molecule has 3 aromatic rings. The summed E-state index contributed by atoms with van der Waals surface area (Å²) in [7, 11) is 0. The first-order valence-electron chi connectivity index (χ1n) is 10.4. The van der Waals surface area contributed by atoms with Crippen molar-refractivity contribution in [2.24, 2.45) is 5.92 Å². The summed E-state index contributed by atoms with van der Waals surface area (Å²) in [5.41, 5.74) is 4.72. The summed E-state index contributed by atoms with van der Waals surface area (Å²) >= 11 is 0. The largest absolute Gasteiger partial charge is 0.352 e. The first-order valence-corrected chi connectivity index (χ1v) is 10.4. The fourth-order valence-electron chi connectivity index (χ4n) is 3.92. The van der Waals surface area contributed by atoms with Crippen molar-refractivity contribution in [1.82, 2.24) is 20.2 Å². The molecule has 1 aromatic heterocycles. The Balaban J connectivity index is 0.00000171. The van der Waals surface area contributed by atoms with Crippen LogP contribution in [-0.2, 0) is 17.9 Å². The Bertz CT molecular complexity index is 923. The first kappa shape index (κ1) is 24.9. The van der Waals surface area contributed by atoms with Crippen LogP contribution in [0.25, 0.3) is 11.1 Å². The van der Waals surface area contributed by atoms with Gasteiger partial charge in [0.2, 0.25) is 5.91 Å². The molecule has 7 heteroatoms. The van der Waals surface area contributed by atoms with Gasteiger partial charge in [0.15, 0.2) is 0 Å². The molecule has 1 aliphatic rings. The van der Waals surface area contributed by atoms with Gasteiger partial charge < -0.3 is 15.2 Å². The second-order valence-corrected chi connectivity index (χ2v) is 7.76. The van der Waals surface area contributed by atoms with Gasteiger partial charge >= 0.3 is 0 Å². The molecule has 4 rings (SSSR count). The van der Waals surface area contributed by atoms with Gasteiger partial charge in [-0.3, -0.25) is 4.79 Å². The number of carbonyl (C=O) groups excluding carboxylic acids is 1. The van der Waals surface area contributed by atoms with Gasteiger partial charge in [0.1, 0.15) is 0 Å². The number of imidazole rings is 1. The summed E-state index contributed by atoms with van der Waals surface area (Å²) < 4.78 is 2.06. The Hall–Kier alpha value is -2.34. The SMILES string of the molecule is Cl.Cl.O=C(CCC1CCNC1)NCc1ccccc1-c1ccc(Cn2ccnc2)cc1. The number of amides is 1. The number of rotatable bonds is 8. The molecule has 1 amide bonds. The summed E-state index contributed by atoms with van der Waals surface area (Å²) in [5.74, 6) is 0.788. The lowest BCUT2D eigenvalue weighted by Gasteiger charge is -2.13. The summed E-state index contributed by atoms with van der Waals surface area (Å²) in [6, 6.07) is 16.9. The van der Waals surface area contributed by atoms with E-state index in [2.05, 4.69) is 56.6 Å². The molecule has 1 atom stereocenters. The molecule has 5 nitrogen and oxygen atoms in total. The molecular formula is C24H30Cl2N4O. The number of hydrogen-bond donors (Lipinski definition) is 2. The van der Waals surface area contributed by atoms with E-state index in [1.807, 2.05) is 24.7 Å². The third kappa shape index (κ3) is 7.10. The fourth-order valence-corrected chi connectivity index (χ4v) is 3.92. The van der Waals surface area contributed by atoms with E-state index >= 15 is 0 Å². The monoisotopic (exact) mass is 460 g/mol. The molecule has 2 heterocycles. The van der Waals surface area contributed by atoms with Crippen LogP contribution >= 0.6 is 24.8 Å². The molecule has 0 aliphatic carbocycles. The minimum Gasteiger partial charge on any atom is -0.352 e. The molecule has 1 unspecified atom stereocenters. The third-order valence-corrected chi connectivity index (χ3v) is 5.62. The summed E-state index contributed by atoms with van der Waals surface area (Å²) in [6.45, 7) is 3.51. The van der Waals surface area contributed by atoms with Gasteiger partial charge in [-0.2, -0.15) is 0 Å². The highest BCUT2D eigenvalue weighted by atomic mass is 35.5. The molecule has 1 aliphatic heterocycles. The van der Waals surface area contributed by atoms with Crippen molar-refractivity contribution in [2.75, 3.05) is 13.1 Å². The van der Waals surface area contributed by atoms with Gasteiger partial charge in [0, 0.05) is 31.9 Å². The van der Waals surface area contributed by atoms with Crippen LogP contribution in [0.2, 0.25) is 0 Å². The smallest absolute Gasteiger partial charge is 0.220 e. The number of nitrogens with zero attached hydrogens (tertiary/aromatic N) is 2. The highest BCUT2D eigenvalue weighted by Crippen LogP contribution is 2.24. The molecule has 166 valence electrons. The molecule has 31 heavy (non-hydrogen) atoms. The molecule has 0 bridgehead atoms. The second-order valence-electron chi connectivity index (χ2n) is 7.76. The minimum absolute atomic E-state index is 0. The zero-order chi connectivity index (χ0) is 19.9. The van der Waals surface area contributed by atoms with Crippen LogP contribution in [0.3, 0.4) is 0 Å². The van der Waals surface area contributed by atoms with Crippen LogP contribution in [0, 0.1) is 5.92 Å². The topological polar surface area (TPSA) is 59.0 Å². The molecule has 2 aromatic carbocycles. The second kappa shape index (κ2) is 12.5. The zero-order valence-corrected chi connectivity index (χ0v) is 19.1. The number of hydrogen-bond acceptors (Lipinski definition) is 3. The number of carbonyl (C=O) groups is 1. The Kier molecular flexibility index (Phi) is 10.0. The van der Waals surface area contributed by atoms with E-state index in [1.54, 1.807) is 6.20 Å². The maximum absolute atomic E-state index is 12.3. The molecule has 0 saturated carbocycles. The minimum atomic E-state index is 0. The normalized spacial score (nSPS) is 15.0. The van der Waals surface area contributed by atoms with Gasteiger partial charge in [-0.05, 0) is 54.1 Å². The van der Waals surface area contributed by atoms with Crippen molar-refractivity contribution < 1.29 is 4.79 Å². The number of nitrogens with one attached hydrogen (secondary N) is 2. The highest BCUT2D eigenvalue weighted by Gasteiger charge is 2.15. The summed E-state index contributed by atoms with van der Waals surface area (Å²) in [4.78, 5) is 16.4. The standard InChI is InChI=1S/C24H28N4O.2ClH/c29-24(10-7-19-11-12-25-15-19)27-16-22-3-1-2-4-23(22)21-8-5-20(6-9-21)17-28-14-13-26-18-28;;/h1-6,8-9,13-14,18-19,25H,7,10-12,15-17H2,(H,27,29);2*1H. The maximum atomic E-state index is 12.3. The highest BCUT2D eigenvalue weighted by molar-refractivity contribution is 5.85. The van der Waals surface area contributed by atoms with Crippen LogP contribution in [0.4, 0.5) is 0 Å². The van der Waals surface area contributed by atoms with Gasteiger partial charge in [-0.25, -0.2) is 4.98 Å². The van der Waals surface area contributed by atoms with E-state index < -0.39 is 0 Å². The van der Waals surface area contributed by atoms with Gasteiger partial charge in [-0.15, -0.1) is 24.8 Å². The van der Waals surface area contributed by atoms with E-state index in [0.29, 0.717) is 18.9 Å². The molecule has 0 radical (unpaired) electrons. The number of halogens is 2. The van der Waals surface area contributed by atoms with Crippen LogP contribution in [0.1, 0.15) is 30.4 Å². The predicted octanol–water partition coefficient (Wildman–Crippen LogP) is 4.45. The van der Waals surface area contributed by atoms with Crippen molar-refractivity contribution in [3.05, 3.63) is 78.4 Å². The molecule has 2 N–H and O–H groups in total. The van der Waals surface area contributed by atoms with E-state index in [0.717, 1.165) is 31.6 Å². The van der Waals surface area contributed by atoms with E-state index in [1.165, 1.54) is 23.1 Å². The van der Waals surface area contributed by atoms with E-state index in [-0.39, 0.29) is 30.7 Å². The molecule has 1 fully saturated rings. The van der Waals surface area contributed by atoms with Crippen molar-refractivity contribution in [2.45, 2.75) is 32.4 Å². The van der Waals surface area contributed by atoms with Crippen molar-refractivity contribution >= 4 is 30.7 Å². The molecule has 1 saturated heterocycles. The molecular weight excluding hydrogens is 431 g/mol. The quantitative estimate of drug-likeness (QED) is 0.521. The Labute approximate surface area is 196 Å². The van der Waals surface area contributed by atoms with Crippen LogP contribution in [0.15, 0.2) is 67.3 Å². The maximum Gasteiger partial charge on any atom is 0.220 e. The van der Waals surface area contributed by atoms with Crippen molar-refractivity contribution in [1.29, 1.82) is 0 Å². The van der Waals surface area contributed by atoms with E-state index in [9.17, 15) is 4.79 Å². The van der Waals surface area contributed by atoms with E-state index in [4.69, 9.17) is 0 Å². The van der Waals surface area contributed by atoms with Crippen LogP contribution in [-0.4, -0.2) is 28.5 Å².